The summed E-state index contributed by atoms with van der Waals surface area (Å²) in [6.07, 6.45) is 3.72. The summed E-state index contributed by atoms with van der Waals surface area (Å²) in [6.45, 7) is 7.02. The van der Waals surface area contributed by atoms with E-state index in [4.69, 9.17) is 0 Å². The molecule has 1 aliphatic heterocycles. The van der Waals surface area contributed by atoms with Gasteiger partial charge < -0.3 is 10.2 Å². The van der Waals surface area contributed by atoms with Gasteiger partial charge in [0, 0.05) is 17.3 Å². The van der Waals surface area contributed by atoms with Gasteiger partial charge in [-0.3, -0.25) is 4.79 Å². The number of carbonyl (C=O) groups is 1. The quantitative estimate of drug-likeness (QED) is 0.827. The number of thiophene rings is 1. The van der Waals surface area contributed by atoms with Gasteiger partial charge >= 0.3 is 0 Å². The Morgan fingerprint density at radius 3 is 2.94 bits per heavy atom. The lowest BCUT2D eigenvalue weighted by Gasteiger charge is -2.28. The molecule has 0 atom stereocenters. The van der Waals surface area contributed by atoms with Crippen molar-refractivity contribution in [2.75, 3.05) is 19.6 Å². The number of hydrogen-bond acceptors (Lipinski definition) is 3. The van der Waals surface area contributed by atoms with Crippen molar-refractivity contribution >= 4 is 17.2 Å². The van der Waals surface area contributed by atoms with Crippen LogP contribution in [0, 0.1) is 5.92 Å². The molecule has 0 bridgehead atoms. The Labute approximate surface area is 112 Å². The van der Waals surface area contributed by atoms with E-state index in [1.54, 1.807) is 11.3 Å². The van der Waals surface area contributed by atoms with Crippen LogP contribution in [0.3, 0.4) is 0 Å². The maximum Gasteiger partial charge on any atom is 0.226 e. The summed E-state index contributed by atoms with van der Waals surface area (Å²) in [5, 5.41) is 5.35. The van der Waals surface area contributed by atoms with Crippen LogP contribution >= 0.6 is 11.3 Å². The van der Waals surface area contributed by atoms with Gasteiger partial charge in [0.1, 0.15) is 0 Å². The molecule has 4 heteroatoms. The van der Waals surface area contributed by atoms with Gasteiger partial charge in [-0.15, -0.1) is 17.9 Å². The molecule has 1 saturated heterocycles. The van der Waals surface area contributed by atoms with Crippen molar-refractivity contribution in [3.05, 3.63) is 35.0 Å². The molecule has 0 aliphatic carbocycles. The van der Waals surface area contributed by atoms with Crippen molar-refractivity contribution in [1.82, 2.24) is 10.2 Å². The van der Waals surface area contributed by atoms with Gasteiger partial charge in [0.25, 0.3) is 0 Å². The maximum absolute atomic E-state index is 12.5. The van der Waals surface area contributed by atoms with Crippen molar-refractivity contribution in [3.63, 3.8) is 0 Å². The highest BCUT2D eigenvalue weighted by Crippen LogP contribution is 2.18. The molecule has 1 fully saturated rings. The summed E-state index contributed by atoms with van der Waals surface area (Å²) in [6, 6.07) is 4.11. The Morgan fingerprint density at radius 2 is 2.33 bits per heavy atom. The summed E-state index contributed by atoms with van der Waals surface area (Å²) in [4.78, 5) is 15.6. The summed E-state index contributed by atoms with van der Waals surface area (Å²) in [5.41, 5.74) is 0. The third-order valence-electron chi connectivity index (χ3n) is 3.28. The van der Waals surface area contributed by atoms with Crippen LogP contribution in [0.25, 0.3) is 0 Å². The van der Waals surface area contributed by atoms with Gasteiger partial charge in [-0.1, -0.05) is 12.1 Å². The van der Waals surface area contributed by atoms with Gasteiger partial charge in [0.05, 0.1) is 6.54 Å². The van der Waals surface area contributed by atoms with Gasteiger partial charge in [-0.2, -0.15) is 0 Å². The van der Waals surface area contributed by atoms with Crippen molar-refractivity contribution in [3.8, 4) is 0 Å². The lowest BCUT2D eigenvalue weighted by Crippen LogP contribution is -2.40. The summed E-state index contributed by atoms with van der Waals surface area (Å²) in [7, 11) is 0. The van der Waals surface area contributed by atoms with Crippen LogP contribution in [0.5, 0.6) is 0 Å². The number of carbonyl (C=O) groups excluding carboxylic acids is 1. The molecule has 0 radical (unpaired) electrons. The molecular weight excluding hydrogens is 244 g/mol. The molecule has 18 heavy (non-hydrogen) atoms. The Hall–Kier alpha value is -1.13. The number of nitrogens with one attached hydrogen (secondary N) is 1. The van der Waals surface area contributed by atoms with Crippen molar-refractivity contribution in [1.29, 1.82) is 0 Å². The predicted molar refractivity (Wildman–Crippen MR) is 75.5 cm³/mol. The number of nitrogens with zero attached hydrogens (tertiary/aromatic N) is 1. The number of piperidine rings is 1. The number of rotatable bonds is 5. The second-order valence-electron chi connectivity index (χ2n) is 4.61. The van der Waals surface area contributed by atoms with E-state index >= 15 is 0 Å². The lowest BCUT2D eigenvalue weighted by atomic mass is 9.96. The summed E-state index contributed by atoms with van der Waals surface area (Å²) < 4.78 is 0. The first kappa shape index (κ1) is 13.3. The van der Waals surface area contributed by atoms with Gasteiger partial charge in [-0.25, -0.2) is 0 Å². The topological polar surface area (TPSA) is 32.3 Å². The highest BCUT2D eigenvalue weighted by Gasteiger charge is 2.25. The lowest BCUT2D eigenvalue weighted by molar-refractivity contribution is -0.136. The van der Waals surface area contributed by atoms with E-state index in [1.807, 2.05) is 17.0 Å². The monoisotopic (exact) mass is 264 g/mol. The molecule has 0 spiro atoms. The van der Waals surface area contributed by atoms with Crippen molar-refractivity contribution in [2.45, 2.75) is 19.4 Å². The molecule has 2 rings (SSSR count). The van der Waals surface area contributed by atoms with Gasteiger partial charge in [0.15, 0.2) is 0 Å². The second kappa shape index (κ2) is 6.71. The van der Waals surface area contributed by atoms with E-state index in [9.17, 15) is 4.79 Å². The van der Waals surface area contributed by atoms with Crippen molar-refractivity contribution in [2.24, 2.45) is 5.92 Å². The summed E-state index contributed by atoms with van der Waals surface area (Å²) in [5.74, 6) is 0.468. The minimum Gasteiger partial charge on any atom is -0.334 e. The van der Waals surface area contributed by atoms with Crippen molar-refractivity contribution < 1.29 is 4.79 Å². The molecular formula is C14H20N2OS. The molecule has 1 aromatic heterocycles. The van der Waals surface area contributed by atoms with Gasteiger partial charge in [-0.05, 0) is 37.4 Å². The van der Waals surface area contributed by atoms with E-state index in [0.717, 1.165) is 25.9 Å². The van der Waals surface area contributed by atoms with Crippen LogP contribution in [0.1, 0.15) is 17.7 Å². The van der Waals surface area contributed by atoms with E-state index in [0.29, 0.717) is 13.1 Å². The Bertz CT molecular complexity index is 383. The first-order valence-electron chi connectivity index (χ1n) is 6.44. The fourth-order valence-corrected chi connectivity index (χ4v) is 3.03. The first-order valence-corrected chi connectivity index (χ1v) is 7.32. The molecule has 0 unspecified atom stereocenters. The van der Waals surface area contributed by atoms with E-state index < -0.39 is 0 Å². The van der Waals surface area contributed by atoms with E-state index in [-0.39, 0.29) is 11.8 Å². The number of hydrogen-bond donors (Lipinski definition) is 1. The molecule has 1 N–H and O–H groups in total. The normalized spacial score (nSPS) is 16.4. The van der Waals surface area contributed by atoms with Crippen LogP contribution < -0.4 is 5.32 Å². The molecule has 1 amide bonds. The molecule has 0 aromatic carbocycles. The largest absolute Gasteiger partial charge is 0.334 e. The Balaban J connectivity index is 1.99. The van der Waals surface area contributed by atoms with E-state index in [2.05, 4.69) is 23.3 Å². The predicted octanol–water partition coefficient (Wildman–Crippen LogP) is 2.26. The Morgan fingerprint density at radius 1 is 1.56 bits per heavy atom. The van der Waals surface area contributed by atoms with Crippen LogP contribution in [0.2, 0.25) is 0 Å². The minimum atomic E-state index is 0.186. The second-order valence-corrected chi connectivity index (χ2v) is 5.64. The fourth-order valence-electron chi connectivity index (χ4n) is 2.31. The SMILES string of the molecule is C=CCN(Cc1cccs1)C(=O)C1CCNCC1. The average Bonchev–Trinajstić information content (AvgIpc) is 2.91. The van der Waals surface area contributed by atoms with Gasteiger partial charge in [0.2, 0.25) is 5.91 Å². The highest BCUT2D eigenvalue weighted by atomic mass is 32.1. The number of amides is 1. The van der Waals surface area contributed by atoms with Crippen LogP contribution in [-0.2, 0) is 11.3 Å². The van der Waals surface area contributed by atoms with Crippen LogP contribution in [-0.4, -0.2) is 30.4 Å². The third kappa shape index (κ3) is 3.43. The molecule has 1 aromatic rings. The zero-order valence-electron chi connectivity index (χ0n) is 10.6. The summed E-state index contributed by atoms with van der Waals surface area (Å²) >= 11 is 1.70. The standard InChI is InChI=1S/C14H20N2OS/c1-2-9-16(11-13-4-3-10-18-13)14(17)12-5-7-15-8-6-12/h2-4,10,12,15H,1,5-9,11H2. The average molecular weight is 264 g/mol. The molecule has 98 valence electrons. The highest BCUT2D eigenvalue weighted by molar-refractivity contribution is 7.09. The first-order chi connectivity index (χ1) is 8.81. The Kier molecular flexibility index (Phi) is 4.96. The smallest absolute Gasteiger partial charge is 0.226 e. The minimum absolute atomic E-state index is 0.186. The van der Waals surface area contributed by atoms with Crippen LogP contribution in [0.15, 0.2) is 30.2 Å². The zero-order valence-corrected chi connectivity index (χ0v) is 11.4. The van der Waals surface area contributed by atoms with E-state index in [1.165, 1.54) is 4.88 Å². The molecule has 2 heterocycles. The maximum atomic E-state index is 12.5. The molecule has 0 saturated carbocycles. The van der Waals surface area contributed by atoms with Crippen LogP contribution in [0.4, 0.5) is 0 Å². The fraction of sp³-hybridized carbons (Fsp3) is 0.500. The third-order valence-corrected chi connectivity index (χ3v) is 4.14. The zero-order chi connectivity index (χ0) is 12.8. The molecule has 3 nitrogen and oxygen atoms in total. The molecule has 1 aliphatic rings.